The van der Waals surface area contributed by atoms with Gasteiger partial charge in [-0.1, -0.05) is 11.6 Å². The number of hydrogen-bond donors (Lipinski definition) is 2. The van der Waals surface area contributed by atoms with E-state index in [1.165, 1.54) is 7.05 Å². The summed E-state index contributed by atoms with van der Waals surface area (Å²) in [5, 5.41) is 2.36. The van der Waals surface area contributed by atoms with E-state index in [1.54, 1.807) is 13.8 Å². The third-order valence-corrected chi connectivity index (χ3v) is 4.42. The second-order valence-electron chi connectivity index (χ2n) is 4.50. The Morgan fingerprint density at radius 3 is 2.60 bits per heavy atom. The van der Waals surface area contributed by atoms with Crippen LogP contribution in [0, 0.1) is 0 Å². The number of likely N-dealkylation sites (N-methyl/N-ethyl adjacent to an activating group) is 1. The number of carbonyl (C=O) groups is 1. The first-order valence-corrected chi connectivity index (χ1v) is 7.60. The third-order valence-electron chi connectivity index (χ3n) is 2.36. The van der Waals surface area contributed by atoms with Gasteiger partial charge in [-0.15, -0.1) is 0 Å². The zero-order valence-electron chi connectivity index (χ0n) is 11.3. The van der Waals surface area contributed by atoms with E-state index in [4.69, 9.17) is 11.6 Å². The lowest BCUT2D eigenvalue weighted by Gasteiger charge is -2.17. The van der Waals surface area contributed by atoms with Crippen molar-refractivity contribution in [3.63, 3.8) is 0 Å². The van der Waals surface area contributed by atoms with Gasteiger partial charge in [-0.25, -0.2) is 8.42 Å². The molecule has 20 heavy (non-hydrogen) atoms. The summed E-state index contributed by atoms with van der Waals surface area (Å²) in [5.41, 5.74) is -0.578. The van der Waals surface area contributed by atoms with Crippen LogP contribution >= 0.6 is 11.6 Å². The number of aromatic amines is 1. The predicted octanol–water partition coefficient (Wildman–Crippen LogP) is 0.173. The molecule has 0 radical (unpaired) electrons. The van der Waals surface area contributed by atoms with Gasteiger partial charge in [0.15, 0.2) is 0 Å². The number of carbonyl (C=O) groups excluding carboxylic acids is 1. The number of hydrogen-bond acceptors (Lipinski definition) is 4. The molecule has 0 atom stereocenters. The van der Waals surface area contributed by atoms with Gasteiger partial charge in [0, 0.05) is 19.3 Å². The number of aromatic nitrogens is 1. The van der Waals surface area contributed by atoms with E-state index in [-0.39, 0.29) is 22.5 Å². The highest BCUT2D eigenvalue weighted by Gasteiger charge is 2.24. The van der Waals surface area contributed by atoms with E-state index in [1.807, 2.05) is 0 Å². The van der Waals surface area contributed by atoms with Crippen molar-refractivity contribution in [3.8, 4) is 0 Å². The predicted molar refractivity (Wildman–Crippen MR) is 75.2 cm³/mol. The van der Waals surface area contributed by atoms with Crippen LogP contribution in [0.4, 0.5) is 0 Å². The Morgan fingerprint density at radius 1 is 1.50 bits per heavy atom. The van der Waals surface area contributed by atoms with Crippen LogP contribution in [0.15, 0.2) is 22.0 Å². The number of nitrogens with one attached hydrogen (secondary N) is 2. The number of halogens is 1. The average molecular weight is 322 g/mol. The van der Waals surface area contributed by atoms with Gasteiger partial charge in [-0.05, 0) is 19.9 Å². The van der Waals surface area contributed by atoms with Gasteiger partial charge < -0.3 is 10.3 Å². The maximum atomic E-state index is 12.2. The van der Waals surface area contributed by atoms with E-state index in [2.05, 4.69) is 10.3 Å². The minimum atomic E-state index is -3.89. The van der Waals surface area contributed by atoms with Crippen molar-refractivity contribution < 1.29 is 13.2 Å². The van der Waals surface area contributed by atoms with Crippen LogP contribution in [-0.2, 0) is 14.8 Å². The van der Waals surface area contributed by atoms with Crippen molar-refractivity contribution in [2.24, 2.45) is 0 Å². The van der Waals surface area contributed by atoms with Gasteiger partial charge in [0.1, 0.15) is 5.02 Å². The molecule has 0 saturated carbocycles. The Bertz CT molecular complexity index is 654. The number of amides is 1. The summed E-state index contributed by atoms with van der Waals surface area (Å²) < 4.78 is 25.2. The first-order valence-electron chi connectivity index (χ1n) is 5.78. The van der Waals surface area contributed by atoms with Crippen molar-refractivity contribution >= 4 is 27.5 Å². The standard InChI is InChI=1S/C11H16ClN3O4S/c1-7(2)14-10(16)6-15(3)20(18,19)8-4-9(12)11(17)13-5-8/h4-5,7H,6H2,1-3H3,(H,13,17)(H,14,16). The first-order chi connectivity index (χ1) is 9.14. The summed E-state index contributed by atoms with van der Waals surface area (Å²) in [5.74, 6) is -0.415. The highest BCUT2D eigenvalue weighted by molar-refractivity contribution is 7.89. The normalized spacial score (nSPS) is 11.9. The fourth-order valence-electron chi connectivity index (χ4n) is 1.42. The van der Waals surface area contributed by atoms with Crippen molar-refractivity contribution in [1.29, 1.82) is 0 Å². The van der Waals surface area contributed by atoms with E-state index in [0.717, 1.165) is 16.6 Å². The molecule has 0 fully saturated rings. The number of nitrogens with zero attached hydrogens (tertiary/aromatic N) is 1. The Labute approximate surface area is 122 Å². The van der Waals surface area contributed by atoms with E-state index >= 15 is 0 Å². The van der Waals surface area contributed by atoms with Gasteiger partial charge >= 0.3 is 0 Å². The molecule has 7 nitrogen and oxygen atoms in total. The number of rotatable bonds is 5. The monoisotopic (exact) mass is 321 g/mol. The molecule has 0 spiro atoms. The Morgan fingerprint density at radius 2 is 2.10 bits per heavy atom. The Balaban J connectivity index is 2.95. The van der Waals surface area contributed by atoms with Crippen LogP contribution < -0.4 is 10.9 Å². The molecular formula is C11H16ClN3O4S. The molecule has 1 heterocycles. The molecule has 112 valence electrons. The number of pyridine rings is 1. The quantitative estimate of drug-likeness (QED) is 0.807. The van der Waals surface area contributed by atoms with Crippen molar-refractivity contribution in [3.05, 3.63) is 27.6 Å². The lowest BCUT2D eigenvalue weighted by Crippen LogP contribution is -2.40. The average Bonchev–Trinajstić information content (AvgIpc) is 2.31. The molecule has 0 aliphatic carbocycles. The summed E-state index contributed by atoms with van der Waals surface area (Å²) >= 11 is 5.59. The second-order valence-corrected chi connectivity index (χ2v) is 6.95. The molecule has 0 unspecified atom stereocenters. The maximum absolute atomic E-state index is 12.2. The van der Waals surface area contributed by atoms with Gasteiger partial charge in [-0.2, -0.15) is 4.31 Å². The smallest absolute Gasteiger partial charge is 0.266 e. The molecule has 0 aromatic carbocycles. The van der Waals surface area contributed by atoms with Crippen LogP contribution in [0.3, 0.4) is 0 Å². The lowest BCUT2D eigenvalue weighted by molar-refractivity contribution is -0.121. The van der Waals surface area contributed by atoms with Gasteiger partial charge in [0.05, 0.1) is 11.4 Å². The molecule has 0 aliphatic heterocycles. The molecule has 2 N–H and O–H groups in total. The SMILES string of the molecule is CC(C)NC(=O)CN(C)S(=O)(=O)c1c[nH]c(=O)c(Cl)c1. The largest absolute Gasteiger partial charge is 0.353 e. The topological polar surface area (TPSA) is 99.3 Å². The van der Waals surface area contributed by atoms with Crippen LogP contribution in [0.5, 0.6) is 0 Å². The number of sulfonamides is 1. The highest BCUT2D eigenvalue weighted by Crippen LogP contribution is 2.14. The molecule has 9 heteroatoms. The van der Waals surface area contributed by atoms with Crippen LogP contribution in [0.2, 0.25) is 5.02 Å². The first kappa shape index (κ1) is 16.7. The summed E-state index contributed by atoms with van der Waals surface area (Å²) in [6.07, 6.45) is 1.04. The fourth-order valence-corrected chi connectivity index (χ4v) is 2.78. The summed E-state index contributed by atoms with van der Waals surface area (Å²) in [6, 6.07) is 0.966. The van der Waals surface area contributed by atoms with Gasteiger partial charge in [0.2, 0.25) is 15.9 Å². The zero-order valence-corrected chi connectivity index (χ0v) is 12.9. The minimum absolute atomic E-state index is 0.0823. The van der Waals surface area contributed by atoms with E-state index in [9.17, 15) is 18.0 Å². The third kappa shape index (κ3) is 4.06. The summed E-state index contributed by atoms with van der Waals surface area (Å²) in [6.45, 7) is 3.22. The van der Waals surface area contributed by atoms with Crippen molar-refractivity contribution in [2.45, 2.75) is 24.8 Å². The van der Waals surface area contributed by atoms with Gasteiger partial charge in [-0.3, -0.25) is 9.59 Å². The molecule has 0 saturated heterocycles. The summed E-state index contributed by atoms with van der Waals surface area (Å²) in [4.78, 5) is 24.7. The molecule has 0 aliphatic rings. The van der Waals surface area contributed by atoms with Crippen molar-refractivity contribution in [2.75, 3.05) is 13.6 Å². The zero-order chi connectivity index (χ0) is 15.5. The number of H-pyrrole nitrogens is 1. The lowest BCUT2D eigenvalue weighted by atomic mass is 10.4. The van der Waals surface area contributed by atoms with Crippen LogP contribution in [0.25, 0.3) is 0 Å². The van der Waals surface area contributed by atoms with E-state index in [0.29, 0.717) is 0 Å². The van der Waals surface area contributed by atoms with E-state index < -0.39 is 21.5 Å². The van der Waals surface area contributed by atoms with Crippen LogP contribution in [0.1, 0.15) is 13.8 Å². The Hall–Kier alpha value is -1.38. The maximum Gasteiger partial charge on any atom is 0.266 e. The molecule has 1 amide bonds. The molecule has 1 aromatic heterocycles. The van der Waals surface area contributed by atoms with Crippen molar-refractivity contribution in [1.82, 2.24) is 14.6 Å². The molecule has 0 bridgehead atoms. The molecule has 1 aromatic rings. The van der Waals surface area contributed by atoms with Crippen LogP contribution in [-0.4, -0.2) is 43.2 Å². The highest BCUT2D eigenvalue weighted by atomic mass is 35.5. The van der Waals surface area contributed by atoms with Gasteiger partial charge in [0.25, 0.3) is 5.56 Å². The minimum Gasteiger partial charge on any atom is -0.353 e. The molecule has 1 rings (SSSR count). The summed E-state index contributed by atoms with van der Waals surface area (Å²) in [7, 11) is -2.62. The fraction of sp³-hybridized carbons (Fsp3) is 0.455. The second kappa shape index (κ2) is 6.38. The molecular weight excluding hydrogens is 306 g/mol. The Kier molecular flexibility index (Phi) is 5.32.